The van der Waals surface area contributed by atoms with Crippen LogP contribution in [-0.4, -0.2) is 36.4 Å². The molecule has 0 aromatic heterocycles. The lowest BCUT2D eigenvalue weighted by Gasteiger charge is -2.30. The van der Waals surface area contributed by atoms with Crippen molar-refractivity contribution in [1.82, 2.24) is 10.2 Å². The van der Waals surface area contributed by atoms with Gasteiger partial charge < -0.3 is 15.0 Å². The molecular weight excluding hydrogens is 340 g/mol. The molecule has 1 N–H and O–H groups in total. The molecule has 0 aliphatic carbocycles. The van der Waals surface area contributed by atoms with Crippen molar-refractivity contribution in [3.8, 4) is 5.75 Å². The molecule has 0 radical (unpaired) electrons. The normalized spacial score (nSPS) is 11.6. The van der Waals surface area contributed by atoms with Gasteiger partial charge in [-0.25, -0.2) is 0 Å². The van der Waals surface area contributed by atoms with Crippen molar-refractivity contribution < 1.29 is 14.3 Å². The molecule has 27 heavy (non-hydrogen) atoms. The van der Waals surface area contributed by atoms with E-state index in [0.29, 0.717) is 18.7 Å². The first-order valence-electron chi connectivity index (χ1n) is 9.21. The molecule has 2 amide bonds. The third-order valence-corrected chi connectivity index (χ3v) is 4.68. The molecule has 5 heteroatoms. The number of aryl methyl sites for hydroxylation is 2. The van der Waals surface area contributed by atoms with Crippen LogP contribution in [0, 0.1) is 13.8 Å². The molecule has 2 aromatic rings. The first-order valence-corrected chi connectivity index (χ1v) is 9.21. The number of likely N-dealkylation sites (N-methyl/N-ethyl adjacent to an activating group) is 1. The summed E-state index contributed by atoms with van der Waals surface area (Å²) in [5.41, 5.74) is 3.07. The van der Waals surface area contributed by atoms with E-state index in [4.69, 9.17) is 4.74 Å². The average molecular weight is 368 g/mol. The smallest absolute Gasteiger partial charge is 0.261 e. The zero-order valence-electron chi connectivity index (χ0n) is 16.5. The lowest BCUT2D eigenvalue weighted by Crippen LogP contribution is -2.49. The molecule has 0 aliphatic heterocycles. The highest BCUT2D eigenvalue weighted by atomic mass is 16.5. The minimum absolute atomic E-state index is 0.107. The van der Waals surface area contributed by atoms with E-state index < -0.39 is 6.04 Å². The van der Waals surface area contributed by atoms with Crippen molar-refractivity contribution in [2.24, 2.45) is 0 Å². The van der Waals surface area contributed by atoms with Crippen LogP contribution in [0.25, 0.3) is 0 Å². The highest BCUT2D eigenvalue weighted by Crippen LogP contribution is 2.18. The number of ether oxygens (including phenoxy) is 1. The molecule has 0 fully saturated rings. The fourth-order valence-electron chi connectivity index (χ4n) is 3.00. The number of benzene rings is 2. The van der Waals surface area contributed by atoms with E-state index in [1.807, 2.05) is 69.3 Å². The quantitative estimate of drug-likeness (QED) is 0.778. The van der Waals surface area contributed by atoms with E-state index in [1.54, 1.807) is 11.9 Å². The van der Waals surface area contributed by atoms with Gasteiger partial charge in [0.25, 0.3) is 5.91 Å². The van der Waals surface area contributed by atoms with Gasteiger partial charge in [-0.3, -0.25) is 9.59 Å². The molecule has 0 unspecified atom stereocenters. The number of hydrogen-bond acceptors (Lipinski definition) is 3. The van der Waals surface area contributed by atoms with Crippen molar-refractivity contribution in [2.75, 3.05) is 13.7 Å². The molecule has 0 aliphatic rings. The molecule has 144 valence electrons. The highest BCUT2D eigenvalue weighted by Gasteiger charge is 2.28. The van der Waals surface area contributed by atoms with Gasteiger partial charge >= 0.3 is 0 Å². The van der Waals surface area contributed by atoms with Crippen LogP contribution in [0.15, 0.2) is 48.5 Å². The second-order valence-electron chi connectivity index (χ2n) is 6.54. The van der Waals surface area contributed by atoms with Crippen LogP contribution in [0.4, 0.5) is 0 Å². The van der Waals surface area contributed by atoms with Crippen LogP contribution in [0.2, 0.25) is 0 Å². The summed E-state index contributed by atoms with van der Waals surface area (Å²) in [5, 5.41) is 2.66. The summed E-state index contributed by atoms with van der Waals surface area (Å²) in [5.74, 6) is 0.293. The van der Waals surface area contributed by atoms with Crippen molar-refractivity contribution in [3.63, 3.8) is 0 Å². The third kappa shape index (κ3) is 5.33. The van der Waals surface area contributed by atoms with Gasteiger partial charge in [0.1, 0.15) is 11.8 Å². The molecule has 2 rings (SSSR count). The van der Waals surface area contributed by atoms with Gasteiger partial charge in [0, 0.05) is 13.6 Å². The maximum absolute atomic E-state index is 13.0. The molecule has 0 saturated carbocycles. The Hall–Kier alpha value is -2.82. The fourth-order valence-corrected chi connectivity index (χ4v) is 3.00. The van der Waals surface area contributed by atoms with Crippen LogP contribution in [0.1, 0.15) is 30.0 Å². The molecule has 0 saturated heterocycles. The lowest BCUT2D eigenvalue weighted by atomic mass is 10.1. The van der Waals surface area contributed by atoms with Gasteiger partial charge in [-0.2, -0.15) is 0 Å². The third-order valence-electron chi connectivity index (χ3n) is 4.68. The largest absolute Gasteiger partial charge is 0.484 e. The van der Waals surface area contributed by atoms with Crippen molar-refractivity contribution in [3.05, 3.63) is 65.2 Å². The first-order chi connectivity index (χ1) is 13.0. The Labute approximate surface area is 161 Å². The van der Waals surface area contributed by atoms with Crippen LogP contribution >= 0.6 is 0 Å². The first kappa shape index (κ1) is 20.5. The van der Waals surface area contributed by atoms with Gasteiger partial charge in [-0.15, -0.1) is 0 Å². The standard InChI is InChI=1S/C22H28N2O3/c1-5-19(22(26)23-4)24(14-18-12-8-6-10-16(18)2)21(25)15-27-20-13-9-7-11-17(20)3/h6-13,19H,5,14-15H2,1-4H3,(H,23,26)/t19-/m1/s1. The van der Waals surface area contributed by atoms with E-state index in [2.05, 4.69) is 5.32 Å². The predicted octanol–water partition coefficient (Wildman–Crippen LogP) is 3.24. The topological polar surface area (TPSA) is 58.6 Å². The number of amides is 2. The fraction of sp³-hybridized carbons (Fsp3) is 0.364. The van der Waals surface area contributed by atoms with Crippen LogP contribution in [0.3, 0.4) is 0 Å². The van der Waals surface area contributed by atoms with Crippen LogP contribution < -0.4 is 10.1 Å². The summed E-state index contributed by atoms with van der Waals surface area (Å²) in [6.07, 6.45) is 0.529. The number of carbonyl (C=O) groups is 2. The minimum atomic E-state index is -0.539. The number of hydrogen-bond donors (Lipinski definition) is 1. The number of nitrogens with one attached hydrogen (secondary N) is 1. The van der Waals surface area contributed by atoms with Gasteiger partial charge in [0.15, 0.2) is 6.61 Å². The van der Waals surface area contributed by atoms with Crippen molar-refractivity contribution in [1.29, 1.82) is 0 Å². The molecule has 0 heterocycles. The SMILES string of the molecule is CC[C@H](C(=O)NC)N(Cc1ccccc1C)C(=O)COc1ccccc1C. The zero-order valence-corrected chi connectivity index (χ0v) is 16.5. The van der Waals surface area contributed by atoms with Crippen LogP contribution in [-0.2, 0) is 16.1 Å². The number of nitrogens with zero attached hydrogens (tertiary/aromatic N) is 1. The second kappa shape index (κ2) is 9.76. The average Bonchev–Trinajstić information content (AvgIpc) is 2.68. The summed E-state index contributed by atoms with van der Waals surface area (Å²) >= 11 is 0. The van der Waals surface area contributed by atoms with E-state index in [1.165, 1.54) is 0 Å². The number of rotatable bonds is 8. The Morgan fingerprint density at radius 2 is 1.67 bits per heavy atom. The maximum Gasteiger partial charge on any atom is 0.261 e. The van der Waals surface area contributed by atoms with E-state index in [9.17, 15) is 9.59 Å². The summed E-state index contributed by atoms with van der Waals surface area (Å²) in [6.45, 7) is 6.10. The molecule has 0 spiro atoms. The maximum atomic E-state index is 13.0. The number of carbonyl (C=O) groups excluding carboxylic acids is 2. The van der Waals surface area contributed by atoms with Crippen molar-refractivity contribution in [2.45, 2.75) is 39.8 Å². The summed E-state index contributed by atoms with van der Waals surface area (Å²) in [7, 11) is 1.59. The zero-order chi connectivity index (χ0) is 19.8. The summed E-state index contributed by atoms with van der Waals surface area (Å²) < 4.78 is 5.73. The van der Waals surface area contributed by atoms with Crippen LogP contribution in [0.5, 0.6) is 5.75 Å². The van der Waals surface area contributed by atoms with E-state index >= 15 is 0 Å². The Bertz CT molecular complexity index is 789. The Kier molecular flexibility index (Phi) is 7.41. The van der Waals surface area contributed by atoms with Gasteiger partial charge in [-0.1, -0.05) is 49.4 Å². The minimum Gasteiger partial charge on any atom is -0.484 e. The molecule has 2 aromatic carbocycles. The van der Waals surface area contributed by atoms with Gasteiger partial charge in [-0.05, 0) is 43.0 Å². The van der Waals surface area contributed by atoms with Gasteiger partial charge in [0.2, 0.25) is 5.91 Å². The summed E-state index contributed by atoms with van der Waals surface area (Å²) in [4.78, 5) is 26.9. The molecule has 1 atom stereocenters. The predicted molar refractivity (Wildman–Crippen MR) is 107 cm³/mol. The lowest BCUT2D eigenvalue weighted by molar-refractivity contribution is -0.142. The van der Waals surface area contributed by atoms with E-state index in [0.717, 1.165) is 16.7 Å². The number of para-hydroxylation sites is 1. The van der Waals surface area contributed by atoms with Crippen molar-refractivity contribution >= 4 is 11.8 Å². The Morgan fingerprint density at radius 1 is 1.04 bits per heavy atom. The molecule has 0 bridgehead atoms. The second-order valence-corrected chi connectivity index (χ2v) is 6.54. The highest BCUT2D eigenvalue weighted by molar-refractivity contribution is 5.88. The van der Waals surface area contributed by atoms with E-state index in [-0.39, 0.29) is 18.4 Å². The Morgan fingerprint density at radius 3 is 2.26 bits per heavy atom. The monoisotopic (exact) mass is 368 g/mol. The Balaban J connectivity index is 2.22. The molecular formula is C22H28N2O3. The summed E-state index contributed by atoms with van der Waals surface area (Å²) in [6, 6.07) is 14.9. The molecule has 5 nitrogen and oxygen atoms in total. The van der Waals surface area contributed by atoms with Gasteiger partial charge in [0.05, 0.1) is 0 Å².